The quantitative estimate of drug-likeness (QED) is 0.364. The van der Waals surface area contributed by atoms with Crippen LogP contribution in [0.2, 0.25) is 0 Å². The molecule has 6 rings (SSSR count). The van der Waals surface area contributed by atoms with E-state index in [1.807, 2.05) is 35.5 Å². The van der Waals surface area contributed by atoms with E-state index in [1.54, 1.807) is 41.1 Å². The van der Waals surface area contributed by atoms with Gasteiger partial charge in [-0.25, -0.2) is 12.8 Å². The second kappa shape index (κ2) is 11.2. The summed E-state index contributed by atoms with van der Waals surface area (Å²) in [6, 6.07) is 15.5. The molecule has 0 saturated carbocycles. The van der Waals surface area contributed by atoms with E-state index in [0.29, 0.717) is 18.5 Å². The summed E-state index contributed by atoms with van der Waals surface area (Å²) in [5.41, 5.74) is 10.6. The lowest BCUT2D eigenvalue weighted by Crippen LogP contribution is -2.45. The van der Waals surface area contributed by atoms with Gasteiger partial charge in [-0.05, 0) is 85.4 Å². The van der Waals surface area contributed by atoms with Crippen LogP contribution in [0.3, 0.4) is 0 Å². The molecule has 0 spiro atoms. The summed E-state index contributed by atoms with van der Waals surface area (Å²) in [6.45, 7) is 4.62. The van der Waals surface area contributed by atoms with Gasteiger partial charge in [-0.2, -0.15) is 4.31 Å². The molecule has 0 saturated heterocycles. The number of sulfonamides is 1. The molecule has 3 aromatic rings. The van der Waals surface area contributed by atoms with Crippen LogP contribution in [-0.2, 0) is 22.2 Å². The molecule has 1 aromatic carbocycles. The summed E-state index contributed by atoms with van der Waals surface area (Å²) in [6.07, 6.45) is 11.6. The topological polar surface area (TPSA) is 78.4 Å². The monoisotopic (exact) mass is 571 g/mol. The lowest BCUT2D eigenvalue weighted by Gasteiger charge is -2.36. The van der Waals surface area contributed by atoms with Gasteiger partial charge in [-0.1, -0.05) is 24.6 Å². The Morgan fingerprint density at radius 3 is 2.68 bits per heavy atom. The van der Waals surface area contributed by atoms with E-state index in [4.69, 9.17) is 0 Å². The van der Waals surface area contributed by atoms with E-state index >= 15 is 0 Å². The highest BCUT2D eigenvalue weighted by atomic mass is 32.2. The van der Waals surface area contributed by atoms with E-state index in [2.05, 4.69) is 35.3 Å². The number of hydrogen-bond acceptors (Lipinski definition) is 6. The van der Waals surface area contributed by atoms with Gasteiger partial charge in [0, 0.05) is 61.0 Å². The Morgan fingerprint density at radius 1 is 1.12 bits per heavy atom. The number of fused-ring (bicyclic) bond motifs is 1. The van der Waals surface area contributed by atoms with Crippen molar-refractivity contribution in [3.05, 3.63) is 125 Å². The van der Waals surface area contributed by atoms with E-state index in [1.165, 1.54) is 23.3 Å². The van der Waals surface area contributed by atoms with E-state index in [-0.39, 0.29) is 29.4 Å². The maximum absolute atomic E-state index is 14.0. The highest BCUT2D eigenvalue weighted by Gasteiger charge is 2.42. The van der Waals surface area contributed by atoms with Crippen molar-refractivity contribution in [3.63, 3.8) is 0 Å². The van der Waals surface area contributed by atoms with E-state index in [0.717, 1.165) is 35.5 Å². The Hall–Kier alpha value is -3.82. The standard InChI is InChI=1S/C32H34FN5O2S/c1-22-30-20-36-38(28-11-9-26(33)10-12-28)31(30)18-25-8-13-29(32(22)25)23(2)37(17-14-27-7-3-4-16-35-27)41(39,40)21-24-6-5-15-34-19-24/h3-7,9-12,15-16,18-20,22-23,29,36H,8,13-14,17,21H2,1-2H3/t22-,23?,29-/m0/s1. The summed E-state index contributed by atoms with van der Waals surface area (Å²) in [7, 11) is -3.64. The largest absolute Gasteiger partial charge is 0.301 e. The molecule has 0 fully saturated rings. The predicted molar refractivity (Wildman–Crippen MR) is 158 cm³/mol. The second-order valence-corrected chi connectivity index (χ2v) is 12.9. The van der Waals surface area contributed by atoms with Crippen LogP contribution in [0, 0.1) is 17.7 Å². The fourth-order valence-electron chi connectivity index (χ4n) is 6.49. The van der Waals surface area contributed by atoms with Crippen LogP contribution in [-0.4, -0.2) is 35.3 Å². The van der Waals surface area contributed by atoms with Gasteiger partial charge < -0.3 is 5.43 Å². The Labute approximate surface area is 241 Å². The lowest BCUT2D eigenvalue weighted by atomic mass is 9.78. The Bertz CT molecular complexity index is 1600. The van der Waals surface area contributed by atoms with E-state index < -0.39 is 10.0 Å². The minimum absolute atomic E-state index is 0.0889. The summed E-state index contributed by atoms with van der Waals surface area (Å²) < 4.78 is 43.2. The third-order valence-electron chi connectivity index (χ3n) is 8.49. The summed E-state index contributed by atoms with van der Waals surface area (Å²) in [5, 5.41) is 1.99. The zero-order valence-corrected chi connectivity index (χ0v) is 24.1. The number of nitrogens with zero attached hydrogens (tertiary/aromatic N) is 4. The van der Waals surface area contributed by atoms with Gasteiger partial charge >= 0.3 is 0 Å². The van der Waals surface area contributed by atoms with Crippen LogP contribution in [0.15, 0.2) is 108 Å². The summed E-state index contributed by atoms with van der Waals surface area (Å²) >= 11 is 0. The summed E-state index contributed by atoms with van der Waals surface area (Å²) in [5.74, 6) is -0.147. The third-order valence-corrected chi connectivity index (χ3v) is 10.4. The number of hydrazine groups is 1. The minimum atomic E-state index is -3.64. The first-order chi connectivity index (χ1) is 19.8. The molecule has 7 nitrogen and oxygen atoms in total. The highest BCUT2D eigenvalue weighted by Crippen LogP contribution is 2.49. The molecule has 0 amide bonds. The van der Waals surface area contributed by atoms with Gasteiger partial charge in [-0.3, -0.25) is 15.0 Å². The zero-order valence-electron chi connectivity index (χ0n) is 23.2. The number of benzene rings is 1. The number of pyridine rings is 2. The lowest BCUT2D eigenvalue weighted by molar-refractivity contribution is 0.268. The van der Waals surface area contributed by atoms with Crippen molar-refractivity contribution in [2.45, 2.75) is 44.9 Å². The zero-order chi connectivity index (χ0) is 28.6. The van der Waals surface area contributed by atoms with Crippen molar-refractivity contribution in [1.29, 1.82) is 0 Å². The molecule has 3 heterocycles. The van der Waals surface area contributed by atoms with Crippen molar-refractivity contribution in [3.8, 4) is 0 Å². The molecule has 9 heteroatoms. The molecular weight excluding hydrogens is 537 g/mol. The van der Waals surface area contributed by atoms with Crippen LogP contribution < -0.4 is 10.4 Å². The first-order valence-corrected chi connectivity index (χ1v) is 15.7. The number of anilines is 1. The maximum Gasteiger partial charge on any atom is 0.218 e. The van der Waals surface area contributed by atoms with Crippen molar-refractivity contribution in [1.82, 2.24) is 19.7 Å². The number of nitrogens with one attached hydrogen (secondary N) is 1. The number of halogens is 1. The smallest absolute Gasteiger partial charge is 0.218 e. The van der Waals surface area contributed by atoms with Crippen LogP contribution in [0.25, 0.3) is 0 Å². The fraction of sp³-hybridized carbons (Fsp3) is 0.312. The molecule has 1 unspecified atom stereocenters. The van der Waals surface area contributed by atoms with E-state index in [9.17, 15) is 12.8 Å². The summed E-state index contributed by atoms with van der Waals surface area (Å²) in [4.78, 5) is 8.57. The second-order valence-electron chi connectivity index (χ2n) is 11.0. The molecule has 0 bridgehead atoms. The average molecular weight is 572 g/mol. The third kappa shape index (κ3) is 5.44. The predicted octanol–water partition coefficient (Wildman–Crippen LogP) is 5.53. The number of allylic oxidation sites excluding steroid dienone is 3. The van der Waals surface area contributed by atoms with Crippen LogP contribution in [0.1, 0.15) is 37.9 Å². The number of hydrogen-bond donors (Lipinski definition) is 1. The molecule has 3 atom stereocenters. The van der Waals surface area contributed by atoms with Gasteiger partial charge in [-0.15, -0.1) is 0 Å². The number of aromatic nitrogens is 2. The SMILES string of the molecule is CC([C@@H]1CCC2=C1[C@@H](C)C1=CNN(c3ccc(F)cc3)C1=C2)N(CCc1ccccn1)S(=O)(=O)Cc1cccnc1. The van der Waals surface area contributed by atoms with Crippen LogP contribution in [0.5, 0.6) is 0 Å². The van der Waals surface area contributed by atoms with Gasteiger partial charge in [0.15, 0.2) is 0 Å². The molecule has 41 heavy (non-hydrogen) atoms. The van der Waals surface area contributed by atoms with Crippen molar-refractivity contribution in [2.24, 2.45) is 11.8 Å². The molecule has 2 aromatic heterocycles. The molecule has 1 aliphatic heterocycles. The maximum atomic E-state index is 14.0. The first kappa shape index (κ1) is 27.4. The van der Waals surface area contributed by atoms with Gasteiger partial charge in [0.25, 0.3) is 0 Å². The molecule has 0 radical (unpaired) electrons. The molecular formula is C32H34FN5O2S. The molecule has 2 aliphatic carbocycles. The van der Waals surface area contributed by atoms with Crippen molar-refractivity contribution in [2.75, 3.05) is 11.6 Å². The van der Waals surface area contributed by atoms with Gasteiger partial charge in [0.1, 0.15) is 5.82 Å². The average Bonchev–Trinajstić information content (AvgIpc) is 3.60. The Balaban J connectivity index is 1.30. The molecule has 3 aliphatic rings. The van der Waals surface area contributed by atoms with Crippen molar-refractivity contribution >= 4 is 15.7 Å². The highest BCUT2D eigenvalue weighted by molar-refractivity contribution is 7.88. The fourth-order valence-corrected chi connectivity index (χ4v) is 8.27. The van der Waals surface area contributed by atoms with Crippen molar-refractivity contribution < 1.29 is 12.8 Å². The van der Waals surface area contributed by atoms with Crippen LogP contribution in [0.4, 0.5) is 10.1 Å². The molecule has 212 valence electrons. The number of rotatable bonds is 9. The minimum Gasteiger partial charge on any atom is -0.301 e. The normalized spacial score (nSPS) is 20.8. The first-order valence-electron chi connectivity index (χ1n) is 14.1. The van der Waals surface area contributed by atoms with Gasteiger partial charge in [0.2, 0.25) is 10.0 Å². The van der Waals surface area contributed by atoms with Gasteiger partial charge in [0.05, 0.1) is 17.1 Å². The van der Waals surface area contributed by atoms with Crippen LogP contribution >= 0.6 is 0 Å². The molecule has 1 N–H and O–H groups in total. The Morgan fingerprint density at radius 2 is 1.95 bits per heavy atom. The Kier molecular flexibility index (Phi) is 7.48.